The van der Waals surface area contributed by atoms with Gasteiger partial charge in [-0.1, -0.05) is 12.1 Å². The fraction of sp³-hybridized carbons (Fsp3) is 0.600. The van der Waals surface area contributed by atoms with Crippen molar-refractivity contribution in [1.29, 1.82) is 0 Å². The molecule has 1 fully saturated rings. The molecule has 1 aliphatic rings. The Morgan fingerprint density at radius 1 is 1.22 bits per heavy atom. The molecule has 3 N–H and O–H groups in total. The summed E-state index contributed by atoms with van der Waals surface area (Å²) in [5.41, 5.74) is 0.887. The summed E-state index contributed by atoms with van der Waals surface area (Å²) in [6.07, 6.45) is -1.17. The number of amides is 1. The molecule has 2 rings (SSSR count). The van der Waals surface area contributed by atoms with Gasteiger partial charge in [0, 0.05) is 24.4 Å². The Hall–Kier alpha value is -1.99. The first-order chi connectivity index (χ1) is 12.7. The summed E-state index contributed by atoms with van der Waals surface area (Å²) in [6, 6.07) is 6.02. The van der Waals surface area contributed by atoms with E-state index in [1.807, 2.05) is 18.7 Å². The predicted octanol–water partition coefficient (Wildman–Crippen LogP) is 2.29. The van der Waals surface area contributed by atoms with Crippen LogP contribution in [0.15, 0.2) is 24.3 Å². The molecular weight excluding hydrogens is 353 g/mol. The molecular formula is C20H28FNO5. The lowest BCUT2D eigenvalue weighted by Crippen LogP contribution is -2.40. The average Bonchev–Trinajstić information content (AvgIpc) is 2.89. The smallest absolute Gasteiger partial charge is 0.305 e. The molecule has 27 heavy (non-hydrogen) atoms. The van der Waals surface area contributed by atoms with E-state index in [2.05, 4.69) is 0 Å². The van der Waals surface area contributed by atoms with Gasteiger partial charge in [-0.2, -0.15) is 0 Å². The average molecular weight is 381 g/mol. The number of rotatable bonds is 9. The highest BCUT2D eigenvalue weighted by molar-refractivity contribution is 5.80. The van der Waals surface area contributed by atoms with Crippen molar-refractivity contribution in [2.45, 2.75) is 76.2 Å². The maximum absolute atomic E-state index is 13.2. The van der Waals surface area contributed by atoms with E-state index < -0.39 is 24.6 Å². The molecule has 1 aliphatic heterocycles. The highest BCUT2D eigenvalue weighted by Gasteiger charge is 2.41. The van der Waals surface area contributed by atoms with Gasteiger partial charge in [0.05, 0.1) is 18.6 Å². The number of carbonyl (C=O) groups is 2. The van der Waals surface area contributed by atoms with Crippen LogP contribution >= 0.6 is 0 Å². The van der Waals surface area contributed by atoms with E-state index in [0.717, 1.165) is 5.56 Å². The van der Waals surface area contributed by atoms with Crippen molar-refractivity contribution in [2.24, 2.45) is 0 Å². The molecule has 0 aromatic heterocycles. The van der Waals surface area contributed by atoms with Crippen LogP contribution in [0.25, 0.3) is 0 Å². The van der Waals surface area contributed by atoms with Gasteiger partial charge in [0.1, 0.15) is 5.82 Å². The van der Waals surface area contributed by atoms with Gasteiger partial charge in [0.15, 0.2) is 0 Å². The number of halogens is 1. The largest absolute Gasteiger partial charge is 0.481 e. The van der Waals surface area contributed by atoms with E-state index in [4.69, 9.17) is 5.11 Å². The summed E-state index contributed by atoms with van der Waals surface area (Å²) in [6.45, 7) is 3.87. The fourth-order valence-electron chi connectivity index (χ4n) is 3.95. The van der Waals surface area contributed by atoms with Gasteiger partial charge in [-0.05, 0) is 50.8 Å². The van der Waals surface area contributed by atoms with Crippen LogP contribution < -0.4 is 0 Å². The highest BCUT2D eigenvalue weighted by Crippen LogP contribution is 2.38. The molecule has 0 saturated carbocycles. The number of hydrogen-bond acceptors (Lipinski definition) is 4. The number of benzene rings is 1. The predicted molar refractivity (Wildman–Crippen MR) is 97.6 cm³/mol. The van der Waals surface area contributed by atoms with E-state index in [0.29, 0.717) is 19.3 Å². The first-order valence-corrected chi connectivity index (χ1v) is 9.33. The van der Waals surface area contributed by atoms with Crippen molar-refractivity contribution in [1.82, 2.24) is 4.90 Å². The van der Waals surface area contributed by atoms with Crippen LogP contribution in [-0.4, -0.2) is 56.4 Å². The number of carboxylic acid groups (broad SMARTS) is 1. The third kappa shape index (κ3) is 5.74. The highest BCUT2D eigenvalue weighted by atomic mass is 19.1. The van der Waals surface area contributed by atoms with Crippen LogP contribution in [0.1, 0.15) is 57.4 Å². The zero-order valence-electron chi connectivity index (χ0n) is 15.7. The molecule has 4 atom stereocenters. The monoisotopic (exact) mass is 381 g/mol. The third-order valence-electron chi connectivity index (χ3n) is 5.11. The lowest BCUT2D eigenvalue weighted by molar-refractivity contribution is -0.139. The van der Waals surface area contributed by atoms with E-state index >= 15 is 0 Å². The number of aliphatic hydroxyl groups excluding tert-OH is 2. The Labute approximate surface area is 158 Å². The van der Waals surface area contributed by atoms with Gasteiger partial charge in [-0.3, -0.25) is 9.59 Å². The Balaban J connectivity index is 2.07. The first kappa shape index (κ1) is 21.3. The summed E-state index contributed by atoms with van der Waals surface area (Å²) in [5, 5.41) is 28.5. The Bertz CT molecular complexity index is 648. The number of carboxylic acids is 1. The van der Waals surface area contributed by atoms with Crippen LogP contribution in [0.3, 0.4) is 0 Å². The second kappa shape index (κ2) is 9.28. The molecule has 1 aromatic rings. The second-order valence-corrected chi connectivity index (χ2v) is 7.54. The molecule has 0 aliphatic carbocycles. The Morgan fingerprint density at radius 3 is 2.41 bits per heavy atom. The molecule has 0 unspecified atom stereocenters. The summed E-state index contributed by atoms with van der Waals surface area (Å²) in [4.78, 5) is 24.9. The minimum absolute atomic E-state index is 0.00249. The van der Waals surface area contributed by atoms with Gasteiger partial charge in [0.25, 0.3) is 0 Å². The van der Waals surface area contributed by atoms with Gasteiger partial charge in [-0.15, -0.1) is 0 Å². The topological polar surface area (TPSA) is 98.1 Å². The zero-order chi connectivity index (χ0) is 20.1. The molecule has 1 heterocycles. The number of hydrogen-bond donors (Lipinski definition) is 3. The van der Waals surface area contributed by atoms with Crippen molar-refractivity contribution in [3.8, 4) is 0 Å². The maximum Gasteiger partial charge on any atom is 0.305 e. The first-order valence-electron chi connectivity index (χ1n) is 9.33. The number of nitrogens with zero attached hydrogens (tertiary/aromatic N) is 1. The summed E-state index contributed by atoms with van der Waals surface area (Å²) >= 11 is 0. The quantitative estimate of drug-likeness (QED) is 0.610. The van der Waals surface area contributed by atoms with Gasteiger partial charge in [0.2, 0.25) is 5.91 Å². The van der Waals surface area contributed by atoms with E-state index in [1.54, 1.807) is 12.1 Å². The summed E-state index contributed by atoms with van der Waals surface area (Å²) < 4.78 is 13.2. The Morgan fingerprint density at radius 2 is 1.85 bits per heavy atom. The van der Waals surface area contributed by atoms with Gasteiger partial charge < -0.3 is 20.2 Å². The number of aliphatic hydroxyl groups is 2. The lowest BCUT2D eigenvalue weighted by Gasteiger charge is -2.32. The molecule has 0 radical (unpaired) electrons. The van der Waals surface area contributed by atoms with Crippen LogP contribution in [0.4, 0.5) is 4.39 Å². The number of carbonyl (C=O) groups excluding carboxylic acids is 1. The third-order valence-corrected chi connectivity index (χ3v) is 5.11. The molecule has 1 amide bonds. The van der Waals surface area contributed by atoms with Crippen LogP contribution in [-0.2, 0) is 9.59 Å². The van der Waals surface area contributed by atoms with E-state index in [1.165, 1.54) is 12.1 Å². The SMILES string of the molecule is CC(C)N1C(=O)C[C@@H](c2ccc(F)cc2)[C@H]1CC[C@@H](O)C[C@@H](O)CC(=O)O. The van der Waals surface area contributed by atoms with Crippen molar-refractivity contribution in [3.05, 3.63) is 35.6 Å². The lowest BCUT2D eigenvalue weighted by atomic mass is 9.87. The van der Waals surface area contributed by atoms with Gasteiger partial charge >= 0.3 is 5.97 Å². The minimum atomic E-state index is -1.11. The van der Waals surface area contributed by atoms with Crippen LogP contribution in [0.5, 0.6) is 0 Å². The van der Waals surface area contributed by atoms with Crippen molar-refractivity contribution in [2.75, 3.05) is 0 Å². The minimum Gasteiger partial charge on any atom is -0.481 e. The van der Waals surface area contributed by atoms with E-state index in [9.17, 15) is 24.2 Å². The maximum atomic E-state index is 13.2. The second-order valence-electron chi connectivity index (χ2n) is 7.54. The summed E-state index contributed by atoms with van der Waals surface area (Å²) in [7, 11) is 0. The summed E-state index contributed by atoms with van der Waals surface area (Å²) in [5.74, 6) is -1.50. The standard InChI is InChI=1S/C20H28FNO5/c1-12(2)22-18(8-7-15(23)9-16(24)10-20(26)27)17(11-19(22)25)13-3-5-14(21)6-4-13/h3-6,12,15-18,23-24H,7-11H2,1-2H3,(H,26,27)/t15-,16-,17+,18-/m1/s1. The van der Waals surface area contributed by atoms with Crippen molar-refractivity contribution < 1.29 is 29.3 Å². The van der Waals surface area contributed by atoms with E-state index in [-0.39, 0.29) is 36.1 Å². The fourth-order valence-corrected chi connectivity index (χ4v) is 3.95. The molecule has 0 spiro atoms. The molecule has 0 bridgehead atoms. The zero-order valence-corrected chi connectivity index (χ0v) is 15.7. The molecule has 150 valence electrons. The number of aliphatic carboxylic acids is 1. The normalized spacial score (nSPS) is 22.3. The number of likely N-dealkylation sites (tertiary alicyclic amines) is 1. The molecule has 6 nitrogen and oxygen atoms in total. The van der Waals surface area contributed by atoms with Gasteiger partial charge in [-0.25, -0.2) is 4.39 Å². The van der Waals surface area contributed by atoms with Crippen LogP contribution in [0, 0.1) is 5.82 Å². The van der Waals surface area contributed by atoms with Crippen LogP contribution in [0.2, 0.25) is 0 Å². The molecule has 7 heteroatoms. The molecule has 1 aromatic carbocycles. The molecule has 1 saturated heterocycles. The van der Waals surface area contributed by atoms with Crippen molar-refractivity contribution in [3.63, 3.8) is 0 Å². The van der Waals surface area contributed by atoms with Crippen molar-refractivity contribution >= 4 is 11.9 Å². The Kier molecular flexibility index (Phi) is 7.33.